The van der Waals surface area contributed by atoms with Gasteiger partial charge in [0.2, 0.25) is 0 Å². The normalized spacial score (nSPS) is 21.5. The van der Waals surface area contributed by atoms with E-state index in [4.69, 9.17) is 0 Å². The fraction of sp³-hybridized carbons (Fsp3) is 0.600. The van der Waals surface area contributed by atoms with Gasteiger partial charge in [-0.3, -0.25) is 0 Å². The Morgan fingerprint density at radius 1 is 1.57 bits per heavy atom. The highest BCUT2D eigenvalue weighted by atomic mass is 79.9. The summed E-state index contributed by atoms with van der Waals surface area (Å²) >= 11 is 3.49. The van der Waals surface area contributed by atoms with Gasteiger partial charge in [0, 0.05) is 24.6 Å². The number of aromatic nitrogens is 2. The van der Waals surface area contributed by atoms with E-state index in [-0.39, 0.29) is 0 Å². The standard InChI is InChI=1S/C10H14BrN3/c11-4-1-9-3-6-14(7-9)10-2-5-12-8-13-10/h2,5,8-9H,1,3-4,6-7H2. The second-order valence-electron chi connectivity index (χ2n) is 3.65. The molecular weight excluding hydrogens is 242 g/mol. The number of hydrogen-bond donors (Lipinski definition) is 0. The van der Waals surface area contributed by atoms with Crippen molar-refractivity contribution in [3.8, 4) is 0 Å². The van der Waals surface area contributed by atoms with Gasteiger partial charge in [0.05, 0.1) is 0 Å². The molecule has 3 nitrogen and oxygen atoms in total. The molecule has 0 amide bonds. The van der Waals surface area contributed by atoms with E-state index in [1.807, 2.05) is 6.07 Å². The first-order chi connectivity index (χ1) is 6.90. The Morgan fingerprint density at radius 2 is 2.50 bits per heavy atom. The molecule has 1 unspecified atom stereocenters. The average Bonchev–Trinajstić information content (AvgIpc) is 2.68. The van der Waals surface area contributed by atoms with Crippen LogP contribution in [0.2, 0.25) is 0 Å². The molecule has 1 aromatic rings. The molecule has 1 aliphatic heterocycles. The van der Waals surface area contributed by atoms with E-state index in [0.717, 1.165) is 30.2 Å². The van der Waals surface area contributed by atoms with E-state index in [1.54, 1.807) is 12.5 Å². The van der Waals surface area contributed by atoms with Gasteiger partial charge in [-0.05, 0) is 24.8 Å². The molecule has 1 aromatic heterocycles. The van der Waals surface area contributed by atoms with Crippen LogP contribution in [0.4, 0.5) is 5.82 Å². The highest BCUT2D eigenvalue weighted by molar-refractivity contribution is 9.09. The lowest BCUT2D eigenvalue weighted by atomic mass is 10.1. The third-order valence-corrected chi connectivity index (χ3v) is 3.15. The van der Waals surface area contributed by atoms with Crippen molar-refractivity contribution in [2.24, 2.45) is 5.92 Å². The molecule has 0 saturated carbocycles. The van der Waals surface area contributed by atoms with E-state index < -0.39 is 0 Å². The molecule has 76 valence electrons. The zero-order valence-electron chi connectivity index (χ0n) is 8.06. The fourth-order valence-corrected chi connectivity index (χ4v) is 2.55. The predicted octanol–water partition coefficient (Wildman–Crippen LogP) is 2.09. The van der Waals surface area contributed by atoms with E-state index in [9.17, 15) is 0 Å². The monoisotopic (exact) mass is 255 g/mol. The molecule has 1 fully saturated rings. The molecular formula is C10H14BrN3. The summed E-state index contributed by atoms with van der Waals surface area (Å²) in [5, 5.41) is 1.11. The lowest BCUT2D eigenvalue weighted by Gasteiger charge is -2.16. The highest BCUT2D eigenvalue weighted by Gasteiger charge is 2.22. The predicted molar refractivity (Wildman–Crippen MR) is 60.8 cm³/mol. The molecule has 0 radical (unpaired) electrons. The van der Waals surface area contributed by atoms with Crippen molar-refractivity contribution in [3.05, 3.63) is 18.6 Å². The molecule has 2 heterocycles. The zero-order valence-corrected chi connectivity index (χ0v) is 9.65. The Balaban J connectivity index is 1.96. The first-order valence-corrected chi connectivity index (χ1v) is 6.09. The van der Waals surface area contributed by atoms with Gasteiger partial charge >= 0.3 is 0 Å². The molecule has 4 heteroatoms. The van der Waals surface area contributed by atoms with Crippen LogP contribution in [0.1, 0.15) is 12.8 Å². The summed E-state index contributed by atoms with van der Waals surface area (Å²) in [4.78, 5) is 10.5. The van der Waals surface area contributed by atoms with Crippen LogP contribution < -0.4 is 4.90 Å². The van der Waals surface area contributed by atoms with Gasteiger partial charge in [0.1, 0.15) is 12.1 Å². The van der Waals surface area contributed by atoms with Crippen molar-refractivity contribution in [2.75, 3.05) is 23.3 Å². The van der Waals surface area contributed by atoms with E-state index in [1.165, 1.54) is 12.8 Å². The number of halogens is 1. The van der Waals surface area contributed by atoms with Gasteiger partial charge in [0.15, 0.2) is 0 Å². The van der Waals surface area contributed by atoms with Crippen LogP contribution in [0.3, 0.4) is 0 Å². The van der Waals surface area contributed by atoms with Crippen LogP contribution in [-0.4, -0.2) is 28.4 Å². The molecule has 14 heavy (non-hydrogen) atoms. The summed E-state index contributed by atoms with van der Waals surface area (Å²) in [5.41, 5.74) is 0. The van der Waals surface area contributed by atoms with Crippen LogP contribution in [0.15, 0.2) is 18.6 Å². The first kappa shape index (κ1) is 9.90. The minimum absolute atomic E-state index is 0.823. The van der Waals surface area contributed by atoms with Crippen LogP contribution in [0, 0.1) is 5.92 Å². The lowest BCUT2D eigenvalue weighted by molar-refractivity contribution is 0.575. The lowest BCUT2D eigenvalue weighted by Crippen LogP contribution is -2.20. The second kappa shape index (κ2) is 4.73. The van der Waals surface area contributed by atoms with Crippen LogP contribution in [0.5, 0.6) is 0 Å². The van der Waals surface area contributed by atoms with Gasteiger partial charge in [-0.15, -0.1) is 0 Å². The van der Waals surface area contributed by atoms with Crippen molar-refractivity contribution >= 4 is 21.7 Å². The first-order valence-electron chi connectivity index (χ1n) is 4.97. The van der Waals surface area contributed by atoms with Gasteiger partial charge in [-0.25, -0.2) is 9.97 Å². The number of anilines is 1. The molecule has 0 spiro atoms. The summed E-state index contributed by atoms with van der Waals surface area (Å²) in [7, 11) is 0. The van der Waals surface area contributed by atoms with Crippen molar-refractivity contribution in [3.63, 3.8) is 0 Å². The minimum atomic E-state index is 0.823. The number of alkyl halides is 1. The van der Waals surface area contributed by atoms with E-state index in [2.05, 4.69) is 30.8 Å². The Morgan fingerprint density at radius 3 is 3.21 bits per heavy atom. The number of hydrogen-bond acceptors (Lipinski definition) is 3. The van der Waals surface area contributed by atoms with Crippen LogP contribution >= 0.6 is 15.9 Å². The fourth-order valence-electron chi connectivity index (χ4n) is 1.90. The van der Waals surface area contributed by atoms with Crippen molar-refractivity contribution < 1.29 is 0 Å². The third-order valence-electron chi connectivity index (χ3n) is 2.69. The summed E-state index contributed by atoms with van der Waals surface area (Å²) in [6.45, 7) is 2.28. The molecule has 1 atom stereocenters. The zero-order chi connectivity index (χ0) is 9.80. The maximum Gasteiger partial charge on any atom is 0.131 e. The molecule has 1 aliphatic rings. The largest absolute Gasteiger partial charge is 0.356 e. The summed E-state index contributed by atoms with van der Waals surface area (Å²) < 4.78 is 0. The number of nitrogens with zero attached hydrogens (tertiary/aromatic N) is 3. The topological polar surface area (TPSA) is 29.0 Å². The maximum atomic E-state index is 4.26. The third kappa shape index (κ3) is 2.23. The molecule has 1 saturated heterocycles. The van der Waals surface area contributed by atoms with Gasteiger partial charge < -0.3 is 4.90 Å². The van der Waals surface area contributed by atoms with Crippen molar-refractivity contribution in [1.29, 1.82) is 0 Å². The van der Waals surface area contributed by atoms with Crippen molar-refractivity contribution in [2.45, 2.75) is 12.8 Å². The van der Waals surface area contributed by atoms with E-state index >= 15 is 0 Å². The minimum Gasteiger partial charge on any atom is -0.356 e. The Bertz CT molecular complexity index is 278. The van der Waals surface area contributed by atoms with Crippen LogP contribution in [-0.2, 0) is 0 Å². The Labute approximate surface area is 92.7 Å². The van der Waals surface area contributed by atoms with Crippen molar-refractivity contribution in [1.82, 2.24) is 9.97 Å². The second-order valence-corrected chi connectivity index (χ2v) is 4.44. The summed E-state index contributed by atoms with van der Waals surface area (Å²) in [5.74, 6) is 1.89. The van der Waals surface area contributed by atoms with Gasteiger partial charge in [-0.2, -0.15) is 0 Å². The highest BCUT2D eigenvalue weighted by Crippen LogP contribution is 2.23. The average molecular weight is 256 g/mol. The maximum absolute atomic E-state index is 4.26. The smallest absolute Gasteiger partial charge is 0.131 e. The summed E-state index contributed by atoms with van der Waals surface area (Å²) in [6, 6.07) is 1.98. The molecule has 2 rings (SSSR count). The summed E-state index contributed by atoms with van der Waals surface area (Å²) in [6.07, 6.45) is 5.98. The molecule has 0 bridgehead atoms. The quantitative estimate of drug-likeness (QED) is 0.775. The molecule has 0 aromatic carbocycles. The van der Waals surface area contributed by atoms with E-state index in [0.29, 0.717) is 0 Å². The molecule has 0 aliphatic carbocycles. The van der Waals surface area contributed by atoms with Gasteiger partial charge in [0.25, 0.3) is 0 Å². The number of rotatable bonds is 3. The van der Waals surface area contributed by atoms with Gasteiger partial charge in [-0.1, -0.05) is 15.9 Å². The van der Waals surface area contributed by atoms with Crippen LogP contribution in [0.25, 0.3) is 0 Å². The Kier molecular flexibility index (Phi) is 3.35. The molecule has 0 N–H and O–H groups in total. The Hall–Kier alpha value is -0.640. The SMILES string of the molecule is BrCCC1CCN(c2ccncn2)C1.